The first kappa shape index (κ1) is 18.2. The highest BCUT2D eigenvalue weighted by Gasteiger charge is 2.26. The van der Waals surface area contributed by atoms with Crippen LogP contribution in [0, 0.1) is 5.92 Å². The highest BCUT2D eigenvalue weighted by atomic mass is 15.2. The molecule has 1 atom stereocenters. The van der Waals surface area contributed by atoms with E-state index >= 15 is 0 Å². The average molecular weight is 348 g/mol. The van der Waals surface area contributed by atoms with Gasteiger partial charge in [0.1, 0.15) is 12.7 Å². The number of rotatable bonds is 8. The number of aromatic nitrogens is 3. The first-order valence-electron chi connectivity index (χ1n) is 9.85. The van der Waals surface area contributed by atoms with E-state index in [-0.39, 0.29) is 0 Å². The Hall–Kier alpha value is -1.63. The van der Waals surface area contributed by atoms with E-state index in [0.29, 0.717) is 6.04 Å². The molecule has 0 spiro atoms. The number of hydrogen-bond acceptors (Lipinski definition) is 4. The molecule has 0 bridgehead atoms. The maximum absolute atomic E-state index is 4.38. The fraction of sp³-hybridized carbons (Fsp3) is 0.833. The Balaban J connectivity index is 1.28. The molecule has 1 unspecified atom stereocenters. The Bertz CT molecular complexity index is 508. The van der Waals surface area contributed by atoms with Crippen molar-refractivity contribution in [1.29, 1.82) is 0 Å². The molecular formula is C18H33N7. The summed E-state index contributed by atoms with van der Waals surface area (Å²) in [7, 11) is 1.86. The van der Waals surface area contributed by atoms with Crippen molar-refractivity contribution in [2.75, 3.05) is 33.2 Å². The number of nitrogens with zero attached hydrogens (tertiary/aromatic N) is 5. The molecule has 1 aromatic rings. The molecule has 1 aliphatic carbocycles. The van der Waals surface area contributed by atoms with Crippen LogP contribution in [0.4, 0.5) is 0 Å². The summed E-state index contributed by atoms with van der Waals surface area (Å²) in [6.07, 6.45) is 12.7. The summed E-state index contributed by atoms with van der Waals surface area (Å²) in [6, 6.07) is 0.532. The van der Waals surface area contributed by atoms with Crippen LogP contribution in [0.5, 0.6) is 0 Å². The number of guanidine groups is 1. The van der Waals surface area contributed by atoms with E-state index in [1.165, 1.54) is 45.2 Å². The highest BCUT2D eigenvalue weighted by Crippen LogP contribution is 2.26. The monoisotopic (exact) mass is 347 g/mol. The second kappa shape index (κ2) is 9.75. The van der Waals surface area contributed by atoms with Crippen molar-refractivity contribution >= 4 is 5.96 Å². The number of hydrogen-bond donors (Lipinski definition) is 2. The molecule has 1 aliphatic heterocycles. The number of unbranched alkanes of at least 4 members (excludes halogenated alkanes) is 1. The van der Waals surface area contributed by atoms with Gasteiger partial charge in [0.25, 0.3) is 0 Å². The van der Waals surface area contributed by atoms with Gasteiger partial charge < -0.3 is 20.1 Å². The Kier molecular flexibility index (Phi) is 7.09. The molecule has 0 amide bonds. The summed E-state index contributed by atoms with van der Waals surface area (Å²) in [4.78, 5) is 7.02. The topological polar surface area (TPSA) is 70.4 Å². The quantitative estimate of drug-likeness (QED) is 0.424. The first-order chi connectivity index (χ1) is 12.3. The Labute approximate surface area is 151 Å². The molecule has 1 aromatic heterocycles. The Morgan fingerprint density at radius 3 is 2.72 bits per heavy atom. The first-order valence-corrected chi connectivity index (χ1v) is 9.85. The number of nitrogens with one attached hydrogen (secondary N) is 2. The third kappa shape index (κ3) is 5.99. The van der Waals surface area contributed by atoms with Crippen molar-refractivity contribution in [3.8, 4) is 0 Å². The smallest absolute Gasteiger partial charge is 0.191 e. The molecule has 1 saturated heterocycles. The van der Waals surface area contributed by atoms with Crippen molar-refractivity contribution in [1.82, 2.24) is 30.3 Å². The van der Waals surface area contributed by atoms with Gasteiger partial charge >= 0.3 is 0 Å². The van der Waals surface area contributed by atoms with Gasteiger partial charge in [-0.3, -0.25) is 4.99 Å². The predicted molar refractivity (Wildman–Crippen MR) is 101 cm³/mol. The van der Waals surface area contributed by atoms with Crippen molar-refractivity contribution in [3.63, 3.8) is 0 Å². The Morgan fingerprint density at radius 2 is 1.96 bits per heavy atom. The van der Waals surface area contributed by atoms with Crippen LogP contribution in [0.25, 0.3) is 0 Å². The van der Waals surface area contributed by atoms with E-state index in [9.17, 15) is 0 Å². The molecule has 2 fully saturated rings. The standard InChI is InChI=1S/C18H33N7/c1-19-18(20-9-4-5-10-25-14-21-22-15-25)23-17-8-11-24(13-17)12-16-6-2-3-7-16/h14-17H,2-13H2,1H3,(H2,19,20,23). The zero-order valence-corrected chi connectivity index (χ0v) is 15.5. The van der Waals surface area contributed by atoms with E-state index in [0.717, 1.165) is 44.4 Å². The number of aryl methyl sites for hydroxylation is 1. The summed E-state index contributed by atoms with van der Waals surface area (Å²) < 4.78 is 2.02. The van der Waals surface area contributed by atoms with E-state index in [1.807, 2.05) is 11.6 Å². The van der Waals surface area contributed by atoms with Crippen LogP contribution in [-0.4, -0.2) is 64.9 Å². The summed E-state index contributed by atoms with van der Waals surface area (Å²) in [5.41, 5.74) is 0. The molecule has 7 heteroatoms. The van der Waals surface area contributed by atoms with E-state index in [1.54, 1.807) is 12.7 Å². The van der Waals surface area contributed by atoms with Crippen LogP contribution in [0.1, 0.15) is 44.9 Å². The van der Waals surface area contributed by atoms with Crippen molar-refractivity contribution in [2.45, 2.75) is 57.5 Å². The molecule has 140 valence electrons. The molecular weight excluding hydrogens is 314 g/mol. The zero-order chi connectivity index (χ0) is 17.3. The van der Waals surface area contributed by atoms with Gasteiger partial charge in [0.15, 0.2) is 5.96 Å². The second-order valence-corrected chi connectivity index (χ2v) is 7.45. The highest BCUT2D eigenvalue weighted by molar-refractivity contribution is 5.79. The van der Waals surface area contributed by atoms with Gasteiger partial charge in [0.05, 0.1) is 0 Å². The summed E-state index contributed by atoms with van der Waals surface area (Å²) in [5, 5.41) is 14.7. The van der Waals surface area contributed by atoms with Crippen LogP contribution in [0.3, 0.4) is 0 Å². The normalized spacial score (nSPS) is 22.6. The van der Waals surface area contributed by atoms with Gasteiger partial charge in [-0.15, -0.1) is 10.2 Å². The van der Waals surface area contributed by atoms with Gasteiger partial charge in [0.2, 0.25) is 0 Å². The molecule has 1 saturated carbocycles. The zero-order valence-electron chi connectivity index (χ0n) is 15.5. The molecule has 2 N–H and O–H groups in total. The molecule has 7 nitrogen and oxygen atoms in total. The van der Waals surface area contributed by atoms with Gasteiger partial charge in [-0.25, -0.2) is 0 Å². The SMILES string of the molecule is CN=C(NCCCCn1cnnc1)NC1CCN(CC2CCCC2)C1. The van der Waals surface area contributed by atoms with E-state index in [4.69, 9.17) is 0 Å². The molecule has 2 aliphatic rings. The molecule has 2 heterocycles. The van der Waals surface area contributed by atoms with Gasteiger partial charge in [-0.2, -0.15) is 0 Å². The van der Waals surface area contributed by atoms with E-state index in [2.05, 4.69) is 30.7 Å². The minimum Gasteiger partial charge on any atom is -0.356 e. The number of likely N-dealkylation sites (tertiary alicyclic amines) is 1. The van der Waals surface area contributed by atoms with Gasteiger partial charge in [-0.1, -0.05) is 12.8 Å². The molecule has 3 rings (SSSR count). The minimum atomic E-state index is 0.532. The van der Waals surface area contributed by atoms with E-state index < -0.39 is 0 Å². The van der Waals surface area contributed by atoms with Crippen LogP contribution in [0.15, 0.2) is 17.6 Å². The lowest BCUT2D eigenvalue weighted by Gasteiger charge is -2.21. The molecule has 0 aromatic carbocycles. The lowest BCUT2D eigenvalue weighted by atomic mass is 10.1. The molecule has 25 heavy (non-hydrogen) atoms. The fourth-order valence-corrected chi connectivity index (χ4v) is 4.03. The lowest BCUT2D eigenvalue weighted by Crippen LogP contribution is -2.45. The summed E-state index contributed by atoms with van der Waals surface area (Å²) in [6.45, 7) is 5.60. The summed E-state index contributed by atoms with van der Waals surface area (Å²) in [5.74, 6) is 1.89. The van der Waals surface area contributed by atoms with Crippen molar-refractivity contribution < 1.29 is 0 Å². The predicted octanol–water partition coefficient (Wildman–Crippen LogP) is 1.49. The largest absolute Gasteiger partial charge is 0.356 e. The maximum atomic E-state index is 4.38. The third-order valence-corrected chi connectivity index (χ3v) is 5.43. The fourth-order valence-electron chi connectivity index (χ4n) is 4.03. The second-order valence-electron chi connectivity index (χ2n) is 7.45. The van der Waals surface area contributed by atoms with Crippen molar-refractivity contribution in [3.05, 3.63) is 12.7 Å². The van der Waals surface area contributed by atoms with Crippen LogP contribution in [-0.2, 0) is 6.54 Å². The molecule has 0 radical (unpaired) electrons. The van der Waals surface area contributed by atoms with Crippen LogP contribution >= 0.6 is 0 Å². The van der Waals surface area contributed by atoms with Gasteiger partial charge in [0, 0.05) is 45.8 Å². The van der Waals surface area contributed by atoms with Crippen LogP contribution in [0.2, 0.25) is 0 Å². The number of aliphatic imine (C=N–C) groups is 1. The average Bonchev–Trinajstić information content (AvgIpc) is 3.37. The lowest BCUT2D eigenvalue weighted by molar-refractivity contribution is 0.275. The minimum absolute atomic E-state index is 0.532. The maximum Gasteiger partial charge on any atom is 0.191 e. The van der Waals surface area contributed by atoms with Crippen molar-refractivity contribution in [2.24, 2.45) is 10.9 Å². The third-order valence-electron chi connectivity index (χ3n) is 5.43. The Morgan fingerprint density at radius 1 is 1.16 bits per heavy atom. The summed E-state index contributed by atoms with van der Waals surface area (Å²) >= 11 is 0. The van der Waals surface area contributed by atoms with Gasteiger partial charge in [-0.05, 0) is 38.0 Å². The van der Waals surface area contributed by atoms with Crippen LogP contribution < -0.4 is 10.6 Å².